The number of aryl methyl sites for hydroxylation is 1. The lowest BCUT2D eigenvalue weighted by molar-refractivity contribution is 0.581. The first-order valence-electron chi connectivity index (χ1n) is 6.49. The van der Waals surface area contributed by atoms with Gasteiger partial charge in [0.25, 0.3) is 0 Å². The van der Waals surface area contributed by atoms with Crippen molar-refractivity contribution in [3.05, 3.63) is 23.8 Å². The smallest absolute Gasteiger partial charge is 0.240 e. The van der Waals surface area contributed by atoms with Crippen molar-refractivity contribution in [3.63, 3.8) is 0 Å². The largest absolute Gasteiger partial charge is 0.385 e. The first-order chi connectivity index (χ1) is 9.13. The van der Waals surface area contributed by atoms with Gasteiger partial charge in [-0.05, 0) is 55.0 Å². The van der Waals surface area contributed by atoms with Crippen LogP contribution in [0.3, 0.4) is 0 Å². The fourth-order valence-corrected chi connectivity index (χ4v) is 3.68. The van der Waals surface area contributed by atoms with Gasteiger partial charge in [0.05, 0.1) is 4.90 Å². The SMILES string of the molecule is CSCCCNS(=O)(=O)c1ccc2c(c1)CCCN2. The summed E-state index contributed by atoms with van der Waals surface area (Å²) in [7, 11) is -3.36. The minimum Gasteiger partial charge on any atom is -0.385 e. The van der Waals surface area contributed by atoms with Crippen LogP contribution in [-0.4, -0.2) is 33.5 Å². The maximum Gasteiger partial charge on any atom is 0.240 e. The van der Waals surface area contributed by atoms with Crippen molar-refractivity contribution >= 4 is 27.5 Å². The molecule has 0 bridgehead atoms. The highest BCUT2D eigenvalue weighted by atomic mass is 32.2. The molecule has 0 amide bonds. The van der Waals surface area contributed by atoms with Crippen molar-refractivity contribution < 1.29 is 8.42 Å². The highest BCUT2D eigenvalue weighted by Crippen LogP contribution is 2.24. The van der Waals surface area contributed by atoms with Crippen LogP contribution in [0, 0.1) is 0 Å². The number of benzene rings is 1. The Bertz CT molecular complexity index is 529. The maximum atomic E-state index is 12.1. The third-order valence-electron chi connectivity index (χ3n) is 3.14. The molecule has 0 aromatic heterocycles. The van der Waals surface area contributed by atoms with Gasteiger partial charge in [-0.25, -0.2) is 13.1 Å². The van der Waals surface area contributed by atoms with Gasteiger partial charge in [0.1, 0.15) is 0 Å². The highest BCUT2D eigenvalue weighted by Gasteiger charge is 2.16. The average Bonchev–Trinajstić information content (AvgIpc) is 2.43. The molecule has 0 radical (unpaired) electrons. The maximum absolute atomic E-state index is 12.1. The summed E-state index contributed by atoms with van der Waals surface area (Å²) in [6.45, 7) is 1.46. The molecule has 1 heterocycles. The molecule has 0 aliphatic carbocycles. The molecule has 0 saturated carbocycles. The lowest BCUT2D eigenvalue weighted by Crippen LogP contribution is -2.25. The van der Waals surface area contributed by atoms with E-state index in [2.05, 4.69) is 10.0 Å². The summed E-state index contributed by atoms with van der Waals surface area (Å²) in [6.07, 6.45) is 4.87. The fraction of sp³-hybridized carbons (Fsp3) is 0.538. The van der Waals surface area contributed by atoms with Crippen molar-refractivity contribution in [2.45, 2.75) is 24.2 Å². The van der Waals surface area contributed by atoms with Gasteiger partial charge in [-0.15, -0.1) is 0 Å². The minimum atomic E-state index is -3.36. The summed E-state index contributed by atoms with van der Waals surface area (Å²) in [5.41, 5.74) is 2.16. The number of fused-ring (bicyclic) bond motifs is 1. The predicted molar refractivity (Wildman–Crippen MR) is 81.4 cm³/mol. The van der Waals surface area contributed by atoms with E-state index in [4.69, 9.17) is 0 Å². The Hall–Kier alpha value is -0.720. The summed E-state index contributed by atoms with van der Waals surface area (Å²) < 4.78 is 26.9. The quantitative estimate of drug-likeness (QED) is 0.790. The first-order valence-corrected chi connectivity index (χ1v) is 9.36. The van der Waals surface area contributed by atoms with E-state index in [1.54, 1.807) is 23.9 Å². The van der Waals surface area contributed by atoms with Gasteiger partial charge >= 0.3 is 0 Å². The molecule has 19 heavy (non-hydrogen) atoms. The van der Waals surface area contributed by atoms with Crippen LogP contribution in [-0.2, 0) is 16.4 Å². The van der Waals surface area contributed by atoms with Gasteiger partial charge in [0.15, 0.2) is 0 Å². The van der Waals surface area contributed by atoms with Crippen molar-refractivity contribution in [2.75, 3.05) is 30.4 Å². The molecule has 0 unspecified atom stereocenters. The molecule has 0 spiro atoms. The zero-order chi connectivity index (χ0) is 13.7. The molecule has 2 rings (SSSR count). The van der Waals surface area contributed by atoms with E-state index in [0.29, 0.717) is 11.4 Å². The molecule has 1 aliphatic rings. The van der Waals surface area contributed by atoms with Crippen LogP contribution in [0.5, 0.6) is 0 Å². The van der Waals surface area contributed by atoms with Gasteiger partial charge in [0, 0.05) is 18.8 Å². The Morgan fingerprint density at radius 2 is 2.26 bits per heavy atom. The van der Waals surface area contributed by atoms with Gasteiger partial charge in [-0.2, -0.15) is 11.8 Å². The Morgan fingerprint density at radius 1 is 1.42 bits per heavy atom. The van der Waals surface area contributed by atoms with E-state index >= 15 is 0 Å². The molecule has 2 N–H and O–H groups in total. The topological polar surface area (TPSA) is 58.2 Å². The van der Waals surface area contributed by atoms with Crippen LogP contribution in [0.1, 0.15) is 18.4 Å². The number of thioether (sulfide) groups is 1. The fourth-order valence-electron chi connectivity index (χ4n) is 2.12. The summed E-state index contributed by atoms with van der Waals surface area (Å²) in [6, 6.07) is 5.33. The average molecular weight is 300 g/mol. The molecule has 1 aliphatic heterocycles. The Labute approximate surface area is 119 Å². The lowest BCUT2D eigenvalue weighted by Gasteiger charge is -2.18. The second-order valence-corrected chi connectivity index (χ2v) is 7.35. The van der Waals surface area contributed by atoms with E-state index < -0.39 is 10.0 Å². The number of anilines is 1. The second kappa shape index (κ2) is 6.63. The number of rotatable bonds is 6. The van der Waals surface area contributed by atoms with Crippen LogP contribution in [0.4, 0.5) is 5.69 Å². The van der Waals surface area contributed by atoms with E-state index in [1.807, 2.05) is 12.3 Å². The molecule has 0 atom stereocenters. The van der Waals surface area contributed by atoms with Crippen molar-refractivity contribution in [3.8, 4) is 0 Å². The lowest BCUT2D eigenvalue weighted by atomic mass is 10.0. The number of sulfonamides is 1. The minimum absolute atomic E-state index is 0.374. The van der Waals surface area contributed by atoms with E-state index in [-0.39, 0.29) is 0 Å². The third-order valence-corrected chi connectivity index (χ3v) is 5.30. The molecule has 0 saturated heterocycles. The normalized spacial score (nSPS) is 14.8. The van der Waals surface area contributed by atoms with E-state index in [1.165, 1.54) is 0 Å². The zero-order valence-corrected chi connectivity index (χ0v) is 12.7. The van der Waals surface area contributed by atoms with Crippen molar-refractivity contribution in [2.24, 2.45) is 0 Å². The van der Waals surface area contributed by atoms with Gasteiger partial charge in [-0.3, -0.25) is 0 Å². The molecular weight excluding hydrogens is 280 g/mol. The Morgan fingerprint density at radius 3 is 3.05 bits per heavy atom. The summed E-state index contributed by atoms with van der Waals surface area (Å²) in [4.78, 5) is 0.374. The summed E-state index contributed by atoms with van der Waals surface area (Å²) >= 11 is 1.72. The van der Waals surface area contributed by atoms with Crippen LogP contribution in [0.25, 0.3) is 0 Å². The molecule has 1 aromatic carbocycles. The number of nitrogens with one attached hydrogen (secondary N) is 2. The standard InChI is InChI=1S/C13H20N2O2S2/c1-18-9-3-8-15-19(16,17)12-5-6-13-11(10-12)4-2-7-14-13/h5-6,10,14-15H,2-4,7-9H2,1H3. The van der Waals surface area contributed by atoms with E-state index in [9.17, 15) is 8.42 Å². The summed E-state index contributed by atoms with van der Waals surface area (Å²) in [5, 5.41) is 3.28. The van der Waals surface area contributed by atoms with Crippen LogP contribution in [0.15, 0.2) is 23.1 Å². The molecule has 0 fully saturated rings. The summed E-state index contributed by atoms with van der Waals surface area (Å²) in [5.74, 6) is 0.969. The van der Waals surface area contributed by atoms with Crippen molar-refractivity contribution in [1.82, 2.24) is 4.72 Å². The van der Waals surface area contributed by atoms with Crippen LogP contribution >= 0.6 is 11.8 Å². The number of hydrogen-bond donors (Lipinski definition) is 2. The highest BCUT2D eigenvalue weighted by molar-refractivity contribution is 7.98. The molecule has 1 aromatic rings. The van der Waals surface area contributed by atoms with Gasteiger partial charge in [-0.1, -0.05) is 0 Å². The van der Waals surface area contributed by atoms with Crippen LogP contribution < -0.4 is 10.0 Å². The van der Waals surface area contributed by atoms with Crippen molar-refractivity contribution in [1.29, 1.82) is 0 Å². The second-order valence-electron chi connectivity index (χ2n) is 4.59. The molecule has 106 valence electrons. The first kappa shape index (κ1) is 14.7. The molecule has 4 nitrogen and oxygen atoms in total. The van der Waals surface area contributed by atoms with E-state index in [0.717, 1.165) is 42.8 Å². The third kappa shape index (κ3) is 3.87. The predicted octanol–water partition coefficient (Wildman–Crippen LogP) is 2.08. The molecular formula is C13H20N2O2S2. The van der Waals surface area contributed by atoms with Crippen LogP contribution in [0.2, 0.25) is 0 Å². The monoisotopic (exact) mass is 300 g/mol. The van der Waals surface area contributed by atoms with Gasteiger partial charge in [0.2, 0.25) is 10.0 Å². The number of hydrogen-bond acceptors (Lipinski definition) is 4. The zero-order valence-electron chi connectivity index (χ0n) is 11.1. The van der Waals surface area contributed by atoms with Gasteiger partial charge < -0.3 is 5.32 Å². The Balaban J connectivity index is 2.07. The Kier molecular flexibility index (Phi) is 5.13. The molecule has 6 heteroatoms.